The SMILES string of the molecule is COc1ccc([C@H]2S[C@@H](C)C(=O)Nc3c2c(C)nn3-c2ccccc2)cc1OC. The lowest BCUT2D eigenvalue weighted by atomic mass is 10.0. The fraction of sp³-hybridized carbons (Fsp3) is 0.273. The molecule has 7 heteroatoms. The number of hydrogen-bond donors (Lipinski definition) is 1. The predicted octanol–water partition coefficient (Wildman–Crippen LogP) is 4.36. The molecule has 6 nitrogen and oxygen atoms in total. The van der Waals surface area contributed by atoms with Crippen LogP contribution < -0.4 is 14.8 Å². The van der Waals surface area contributed by atoms with E-state index in [4.69, 9.17) is 14.6 Å². The van der Waals surface area contributed by atoms with Gasteiger partial charge in [-0.25, -0.2) is 4.68 Å². The number of methoxy groups -OCH3 is 2. The highest BCUT2D eigenvalue weighted by molar-refractivity contribution is 8.01. The van der Waals surface area contributed by atoms with E-state index in [9.17, 15) is 4.79 Å². The van der Waals surface area contributed by atoms with Crippen LogP contribution in [0.1, 0.15) is 29.0 Å². The second kappa shape index (κ2) is 7.83. The number of carbonyl (C=O) groups is 1. The fourth-order valence-electron chi connectivity index (χ4n) is 3.54. The summed E-state index contributed by atoms with van der Waals surface area (Å²) < 4.78 is 12.7. The zero-order valence-electron chi connectivity index (χ0n) is 16.8. The number of aryl methyl sites for hydroxylation is 1. The van der Waals surface area contributed by atoms with Gasteiger partial charge in [0.15, 0.2) is 11.5 Å². The monoisotopic (exact) mass is 409 g/mol. The number of para-hydroxylation sites is 1. The van der Waals surface area contributed by atoms with E-state index < -0.39 is 0 Å². The fourth-order valence-corrected chi connectivity index (χ4v) is 4.86. The molecular weight excluding hydrogens is 386 g/mol. The summed E-state index contributed by atoms with van der Waals surface area (Å²) in [5.74, 6) is 2.03. The molecule has 0 unspecified atom stereocenters. The van der Waals surface area contributed by atoms with Crippen LogP contribution in [-0.2, 0) is 4.79 Å². The van der Waals surface area contributed by atoms with Crippen LogP contribution in [0.4, 0.5) is 5.82 Å². The van der Waals surface area contributed by atoms with Crippen molar-refractivity contribution in [3.8, 4) is 17.2 Å². The molecule has 1 N–H and O–H groups in total. The van der Waals surface area contributed by atoms with Gasteiger partial charge in [0.1, 0.15) is 5.82 Å². The van der Waals surface area contributed by atoms with Gasteiger partial charge < -0.3 is 14.8 Å². The van der Waals surface area contributed by atoms with Crippen LogP contribution in [0.25, 0.3) is 5.69 Å². The van der Waals surface area contributed by atoms with E-state index in [1.54, 1.807) is 26.0 Å². The van der Waals surface area contributed by atoms with Gasteiger partial charge in [0.2, 0.25) is 5.91 Å². The highest BCUT2D eigenvalue weighted by atomic mass is 32.2. The van der Waals surface area contributed by atoms with Crippen molar-refractivity contribution in [3.63, 3.8) is 0 Å². The van der Waals surface area contributed by atoms with Crippen LogP contribution in [0, 0.1) is 6.92 Å². The number of nitrogens with one attached hydrogen (secondary N) is 1. The Morgan fingerprint density at radius 1 is 1.07 bits per heavy atom. The van der Waals surface area contributed by atoms with Gasteiger partial charge in [-0.2, -0.15) is 5.10 Å². The molecule has 2 heterocycles. The lowest BCUT2D eigenvalue weighted by Gasteiger charge is -2.19. The first-order chi connectivity index (χ1) is 14.0. The molecule has 3 aromatic rings. The molecule has 2 aromatic carbocycles. The molecule has 0 saturated heterocycles. The molecule has 0 aliphatic carbocycles. The Morgan fingerprint density at radius 3 is 2.48 bits per heavy atom. The summed E-state index contributed by atoms with van der Waals surface area (Å²) >= 11 is 1.60. The molecule has 1 aliphatic heterocycles. The van der Waals surface area contributed by atoms with Crippen molar-refractivity contribution in [2.75, 3.05) is 19.5 Å². The van der Waals surface area contributed by atoms with Crippen LogP contribution in [0.3, 0.4) is 0 Å². The molecule has 29 heavy (non-hydrogen) atoms. The summed E-state index contributed by atoms with van der Waals surface area (Å²) in [6, 6.07) is 15.7. The van der Waals surface area contributed by atoms with E-state index in [0.29, 0.717) is 11.5 Å². The van der Waals surface area contributed by atoms with Crippen molar-refractivity contribution in [3.05, 3.63) is 65.4 Å². The molecule has 0 saturated carbocycles. The van der Waals surface area contributed by atoms with Gasteiger partial charge >= 0.3 is 0 Å². The number of hydrogen-bond acceptors (Lipinski definition) is 5. The zero-order chi connectivity index (χ0) is 20.5. The summed E-state index contributed by atoms with van der Waals surface area (Å²) in [5, 5.41) is 7.55. The van der Waals surface area contributed by atoms with Crippen molar-refractivity contribution >= 4 is 23.5 Å². The number of aromatic nitrogens is 2. The van der Waals surface area contributed by atoms with Gasteiger partial charge in [0.05, 0.1) is 36.1 Å². The van der Waals surface area contributed by atoms with Crippen LogP contribution >= 0.6 is 11.8 Å². The lowest BCUT2D eigenvalue weighted by Crippen LogP contribution is -2.22. The molecule has 1 aliphatic rings. The maximum absolute atomic E-state index is 12.8. The first-order valence-electron chi connectivity index (χ1n) is 9.36. The molecule has 0 bridgehead atoms. The van der Waals surface area contributed by atoms with E-state index >= 15 is 0 Å². The average molecular weight is 410 g/mol. The molecule has 2 atom stereocenters. The number of rotatable bonds is 4. The maximum atomic E-state index is 12.8. The minimum absolute atomic E-state index is 0.0312. The number of thioether (sulfide) groups is 1. The summed E-state index contributed by atoms with van der Waals surface area (Å²) in [6.07, 6.45) is 0. The van der Waals surface area contributed by atoms with Crippen LogP contribution in [0.2, 0.25) is 0 Å². The van der Waals surface area contributed by atoms with Crippen molar-refractivity contribution in [1.82, 2.24) is 9.78 Å². The van der Waals surface area contributed by atoms with E-state index in [1.807, 2.05) is 67.1 Å². The summed E-state index contributed by atoms with van der Waals surface area (Å²) in [7, 11) is 3.24. The Hall–Kier alpha value is -2.93. The minimum atomic E-state index is -0.218. The largest absolute Gasteiger partial charge is 0.493 e. The molecule has 0 radical (unpaired) electrons. The Bertz CT molecular complexity index is 1050. The lowest BCUT2D eigenvalue weighted by molar-refractivity contribution is -0.115. The predicted molar refractivity (Wildman–Crippen MR) is 115 cm³/mol. The number of fused-ring (bicyclic) bond motifs is 1. The Labute approximate surface area is 174 Å². The first-order valence-corrected chi connectivity index (χ1v) is 10.3. The molecule has 0 fully saturated rings. The van der Waals surface area contributed by atoms with E-state index in [-0.39, 0.29) is 16.4 Å². The highest BCUT2D eigenvalue weighted by Gasteiger charge is 2.34. The van der Waals surface area contributed by atoms with Crippen molar-refractivity contribution in [2.45, 2.75) is 24.3 Å². The minimum Gasteiger partial charge on any atom is -0.493 e. The number of nitrogens with zero attached hydrogens (tertiary/aromatic N) is 2. The van der Waals surface area contributed by atoms with Crippen molar-refractivity contribution in [2.24, 2.45) is 0 Å². The van der Waals surface area contributed by atoms with Gasteiger partial charge in [-0.15, -0.1) is 11.8 Å². The smallest absolute Gasteiger partial charge is 0.238 e. The molecule has 4 rings (SSSR count). The number of ether oxygens (including phenoxy) is 2. The van der Waals surface area contributed by atoms with Gasteiger partial charge in [-0.05, 0) is 43.7 Å². The Balaban J connectivity index is 1.89. The van der Waals surface area contributed by atoms with Crippen LogP contribution in [0.5, 0.6) is 11.5 Å². The summed E-state index contributed by atoms with van der Waals surface area (Å²) in [6.45, 7) is 3.91. The average Bonchev–Trinajstić information content (AvgIpc) is 3.00. The second-order valence-electron chi connectivity index (χ2n) is 6.86. The van der Waals surface area contributed by atoms with Crippen LogP contribution in [-0.4, -0.2) is 35.2 Å². The van der Waals surface area contributed by atoms with Gasteiger partial charge in [-0.3, -0.25) is 4.79 Å². The molecule has 1 amide bonds. The summed E-state index contributed by atoms with van der Waals surface area (Å²) in [4.78, 5) is 12.8. The Kier molecular flexibility index (Phi) is 5.24. The second-order valence-corrected chi connectivity index (χ2v) is 8.31. The highest BCUT2D eigenvalue weighted by Crippen LogP contribution is 2.47. The van der Waals surface area contributed by atoms with Gasteiger partial charge in [-0.1, -0.05) is 24.3 Å². The first kappa shape index (κ1) is 19.4. The molecule has 0 spiro atoms. The number of amides is 1. The molecule has 150 valence electrons. The Morgan fingerprint density at radius 2 is 1.79 bits per heavy atom. The van der Waals surface area contributed by atoms with Crippen LogP contribution in [0.15, 0.2) is 48.5 Å². The van der Waals surface area contributed by atoms with Gasteiger partial charge in [0, 0.05) is 5.56 Å². The number of carbonyl (C=O) groups excluding carboxylic acids is 1. The number of benzene rings is 2. The quantitative estimate of drug-likeness (QED) is 0.694. The standard InChI is InChI=1S/C22H23N3O3S/c1-13-19-20(15-10-11-17(27-3)18(12-15)28-4)29-14(2)22(26)23-21(19)25(24-13)16-8-6-5-7-9-16/h5-12,14,20H,1-4H3,(H,23,26)/t14-,20+/m0/s1. The van der Waals surface area contributed by atoms with Crippen molar-refractivity contribution < 1.29 is 14.3 Å². The summed E-state index contributed by atoms with van der Waals surface area (Å²) in [5.41, 5.74) is 3.82. The van der Waals surface area contributed by atoms with Crippen molar-refractivity contribution in [1.29, 1.82) is 0 Å². The number of anilines is 1. The third kappa shape index (κ3) is 3.46. The molecular formula is C22H23N3O3S. The van der Waals surface area contributed by atoms with E-state index in [0.717, 1.165) is 28.3 Å². The van der Waals surface area contributed by atoms with E-state index in [1.165, 1.54) is 0 Å². The maximum Gasteiger partial charge on any atom is 0.238 e. The topological polar surface area (TPSA) is 65.4 Å². The zero-order valence-corrected chi connectivity index (χ0v) is 17.6. The van der Waals surface area contributed by atoms with Gasteiger partial charge in [0.25, 0.3) is 0 Å². The normalized spacial score (nSPS) is 18.6. The molecule has 1 aromatic heterocycles. The van der Waals surface area contributed by atoms with E-state index in [2.05, 4.69) is 5.32 Å². The third-order valence-corrected chi connectivity index (χ3v) is 6.43. The third-order valence-electron chi connectivity index (χ3n) is 5.03.